The highest BCUT2D eigenvalue weighted by molar-refractivity contribution is 5.75. The SMILES string of the molecule is CCCc1nc(CNC(CC(C)C)C(=O)OC)no1. The predicted octanol–water partition coefficient (Wildman–Crippen LogP) is 1.70. The van der Waals surface area contributed by atoms with E-state index in [2.05, 4.69) is 36.2 Å². The number of rotatable bonds is 8. The second-order valence-electron chi connectivity index (χ2n) is 4.94. The number of methoxy groups -OCH3 is 1. The molecule has 6 nitrogen and oxygen atoms in total. The first-order valence-corrected chi connectivity index (χ1v) is 6.69. The van der Waals surface area contributed by atoms with Gasteiger partial charge in [0.25, 0.3) is 0 Å². The van der Waals surface area contributed by atoms with Crippen LogP contribution in [0.1, 0.15) is 45.3 Å². The number of ether oxygens (including phenoxy) is 1. The maximum atomic E-state index is 11.6. The highest BCUT2D eigenvalue weighted by Gasteiger charge is 2.20. The lowest BCUT2D eigenvalue weighted by Gasteiger charge is -2.17. The smallest absolute Gasteiger partial charge is 0.322 e. The molecule has 0 aliphatic carbocycles. The Morgan fingerprint density at radius 3 is 2.79 bits per heavy atom. The van der Waals surface area contributed by atoms with E-state index in [1.807, 2.05) is 0 Å². The van der Waals surface area contributed by atoms with Gasteiger partial charge in [0.15, 0.2) is 5.82 Å². The molecule has 0 aliphatic rings. The molecule has 0 aromatic carbocycles. The van der Waals surface area contributed by atoms with E-state index < -0.39 is 0 Å². The van der Waals surface area contributed by atoms with Crippen LogP contribution in [-0.2, 0) is 22.5 Å². The highest BCUT2D eigenvalue weighted by atomic mass is 16.5. The van der Waals surface area contributed by atoms with Gasteiger partial charge in [-0.15, -0.1) is 0 Å². The number of nitrogens with zero attached hydrogens (tertiary/aromatic N) is 2. The summed E-state index contributed by atoms with van der Waals surface area (Å²) in [7, 11) is 1.39. The molecular weight excluding hydrogens is 246 g/mol. The summed E-state index contributed by atoms with van der Waals surface area (Å²) in [5, 5.41) is 6.98. The maximum Gasteiger partial charge on any atom is 0.322 e. The number of aromatic nitrogens is 2. The van der Waals surface area contributed by atoms with Gasteiger partial charge >= 0.3 is 5.97 Å². The number of aryl methyl sites for hydroxylation is 1. The molecule has 0 spiro atoms. The minimum Gasteiger partial charge on any atom is -0.468 e. The Morgan fingerprint density at radius 1 is 1.47 bits per heavy atom. The summed E-state index contributed by atoms with van der Waals surface area (Å²) < 4.78 is 9.87. The second-order valence-corrected chi connectivity index (χ2v) is 4.94. The Kier molecular flexibility index (Phi) is 6.49. The number of carbonyl (C=O) groups excluding carboxylic acids is 1. The zero-order valence-electron chi connectivity index (χ0n) is 12.1. The van der Waals surface area contributed by atoms with Crippen LogP contribution < -0.4 is 5.32 Å². The number of esters is 1. The molecule has 0 saturated carbocycles. The Bertz CT molecular complexity index is 390. The molecule has 0 radical (unpaired) electrons. The first-order chi connectivity index (χ1) is 9.06. The van der Waals surface area contributed by atoms with Crippen LogP contribution in [0.3, 0.4) is 0 Å². The summed E-state index contributed by atoms with van der Waals surface area (Å²) >= 11 is 0. The van der Waals surface area contributed by atoms with Crippen molar-refractivity contribution in [1.29, 1.82) is 0 Å². The summed E-state index contributed by atoms with van der Waals surface area (Å²) in [6, 6.07) is -0.335. The van der Waals surface area contributed by atoms with Crippen molar-refractivity contribution in [2.45, 2.75) is 52.6 Å². The van der Waals surface area contributed by atoms with Gasteiger partial charge in [0.1, 0.15) is 6.04 Å². The molecule has 0 bridgehead atoms. The van der Waals surface area contributed by atoms with Crippen molar-refractivity contribution in [2.75, 3.05) is 7.11 Å². The van der Waals surface area contributed by atoms with Crippen LogP contribution in [0, 0.1) is 5.92 Å². The van der Waals surface area contributed by atoms with E-state index in [0.717, 1.165) is 12.8 Å². The van der Waals surface area contributed by atoms with E-state index in [1.165, 1.54) is 7.11 Å². The minimum absolute atomic E-state index is 0.258. The first kappa shape index (κ1) is 15.6. The Hall–Kier alpha value is -1.43. The Balaban J connectivity index is 2.52. The molecule has 0 fully saturated rings. The van der Waals surface area contributed by atoms with Crippen molar-refractivity contribution >= 4 is 5.97 Å². The van der Waals surface area contributed by atoms with Gasteiger partial charge in [-0.1, -0.05) is 25.9 Å². The molecular formula is C13H23N3O3. The third-order valence-electron chi connectivity index (χ3n) is 2.67. The van der Waals surface area contributed by atoms with E-state index in [9.17, 15) is 4.79 Å². The largest absolute Gasteiger partial charge is 0.468 e. The van der Waals surface area contributed by atoms with Gasteiger partial charge < -0.3 is 9.26 Å². The van der Waals surface area contributed by atoms with Gasteiger partial charge in [-0.3, -0.25) is 10.1 Å². The number of nitrogens with one attached hydrogen (secondary N) is 1. The molecule has 19 heavy (non-hydrogen) atoms. The van der Waals surface area contributed by atoms with Crippen molar-refractivity contribution in [3.8, 4) is 0 Å². The van der Waals surface area contributed by atoms with E-state index >= 15 is 0 Å². The van der Waals surface area contributed by atoms with E-state index in [4.69, 9.17) is 9.26 Å². The molecule has 1 aromatic rings. The molecule has 1 aromatic heterocycles. The van der Waals surface area contributed by atoms with Gasteiger partial charge in [-0.25, -0.2) is 0 Å². The molecule has 1 unspecified atom stereocenters. The van der Waals surface area contributed by atoms with Crippen LogP contribution >= 0.6 is 0 Å². The fourth-order valence-electron chi connectivity index (χ4n) is 1.77. The molecule has 0 aliphatic heterocycles. The van der Waals surface area contributed by atoms with Gasteiger partial charge in [-0.2, -0.15) is 4.98 Å². The second kappa shape index (κ2) is 7.89. The van der Waals surface area contributed by atoms with Crippen molar-refractivity contribution < 1.29 is 14.1 Å². The van der Waals surface area contributed by atoms with Crippen molar-refractivity contribution in [3.05, 3.63) is 11.7 Å². The van der Waals surface area contributed by atoms with Gasteiger partial charge in [-0.05, 0) is 18.8 Å². The number of hydrogen-bond donors (Lipinski definition) is 1. The lowest BCUT2D eigenvalue weighted by molar-refractivity contribution is -0.143. The average molecular weight is 269 g/mol. The van der Waals surface area contributed by atoms with Crippen LogP contribution in [0.5, 0.6) is 0 Å². The number of hydrogen-bond acceptors (Lipinski definition) is 6. The van der Waals surface area contributed by atoms with E-state index in [1.54, 1.807) is 0 Å². The van der Waals surface area contributed by atoms with Crippen LogP contribution in [0.25, 0.3) is 0 Å². The maximum absolute atomic E-state index is 11.6. The zero-order chi connectivity index (χ0) is 14.3. The molecule has 1 atom stereocenters. The third-order valence-corrected chi connectivity index (χ3v) is 2.67. The number of carbonyl (C=O) groups is 1. The summed E-state index contributed by atoms with van der Waals surface area (Å²) in [5.74, 6) is 1.35. The summed E-state index contributed by atoms with van der Waals surface area (Å²) in [5.41, 5.74) is 0. The van der Waals surface area contributed by atoms with Crippen molar-refractivity contribution in [3.63, 3.8) is 0 Å². The Morgan fingerprint density at radius 2 is 2.21 bits per heavy atom. The minimum atomic E-state index is -0.335. The monoisotopic (exact) mass is 269 g/mol. The molecule has 6 heteroatoms. The highest BCUT2D eigenvalue weighted by Crippen LogP contribution is 2.07. The van der Waals surface area contributed by atoms with Crippen LogP contribution in [-0.4, -0.2) is 29.3 Å². The summed E-state index contributed by atoms with van der Waals surface area (Å²) in [6.07, 6.45) is 2.46. The molecule has 1 rings (SSSR count). The van der Waals surface area contributed by atoms with Gasteiger partial charge in [0, 0.05) is 6.42 Å². The fraction of sp³-hybridized carbons (Fsp3) is 0.769. The Labute approximate surface area is 113 Å². The van der Waals surface area contributed by atoms with E-state index in [-0.39, 0.29) is 12.0 Å². The standard InChI is InChI=1S/C13H23N3O3/c1-5-6-12-15-11(16-19-12)8-14-10(7-9(2)3)13(17)18-4/h9-10,14H,5-8H2,1-4H3. The first-order valence-electron chi connectivity index (χ1n) is 6.69. The lowest BCUT2D eigenvalue weighted by Crippen LogP contribution is -2.38. The van der Waals surface area contributed by atoms with E-state index in [0.29, 0.717) is 30.6 Å². The summed E-state index contributed by atoms with van der Waals surface area (Å²) in [4.78, 5) is 15.9. The molecule has 0 amide bonds. The third kappa shape index (κ3) is 5.38. The van der Waals surface area contributed by atoms with Gasteiger partial charge in [0.05, 0.1) is 13.7 Å². The van der Waals surface area contributed by atoms with Crippen LogP contribution in [0.2, 0.25) is 0 Å². The predicted molar refractivity (Wildman–Crippen MR) is 70.4 cm³/mol. The van der Waals surface area contributed by atoms with Crippen molar-refractivity contribution in [1.82, 2.24) is 15.5 Å². The average Bonchev–Trinajstić information content (AvgIpc) is 2.81. The van der Waals surface area contributed by atoms with Crippen LogP contribution in [0.4, 0.5) is 0 Å². The normalized spacial score (nSPS) is 12.7. The molecule has 1 heterocycles. The topological polar surface area (TPSA) is 77.2 Å². The summed E-state index contributed by atoms with van der Waals surface area (Å²) in [6.45, 7) is 6.58. The molecule has 108 valence electrons. The van der Waals surface area contributed by atoms with Gasteiger partial charge in [0.2, 0.25) is 5.89 Å². The van der Waals surface area contributed by atoms with Crippen molar-refractivity contribution in [2.24, 2.45) is 5.92 Å². The molecule has 0 saturated heterocycles. The fourth-order valence-corrected chi connectivity index (χ4v) is 1.77. The molecule has 1 N–H and O–H groups in total. The zero-order valence-corrected chi connectivity index (χ0v) is 12.1. The lowest BCUT2D eigenvalue weighted by atomic mass is 10.0. The van der Waals surface area contributed by atoms with Crippen LogP contribution in [0.15, 0.2) is 4.52 Å². The quantitative estimate of drug-likeness (QED) is 0.724.